The molecule has 1 saturated carbocycles. The van der Waals surface area contributed by atoms with Crippen LogP contribution in [-0.4, -0.2) is 34.0 Å². The van der Waals surface area contributed by atoms with Crippen LogP contribution >= 0.6 is 0 Å². The highest BCUT2D eigenvalue weighted by Gasteiger charge is 2.42. The number of nitrogens with one attached hydrogen (secondary N) is 3. The largest absolute Gasteiger partial charge is 0.344 e. The van der Waals surface area contributed by atoms with Gasteiger partial charge in [-0.2, -0.15) is 0 Å². The van der Waals surface area contributed by atoms with Crippen LogP contribution in [0.4, 0.5) is 5.82 Å². The predicted molar refractivity (Wildman–Crippen MR) is 123 cm³/mol. The summed E-state index contributed by atoms with van der Waals surface area (Å²) in [4.78, 5) is 43.4. The number of rotatable bonds is 9. The van der Waals surface area contributed by atoms with Crippen LogP contribution in [0.25, 0.3) is 0 Å². The second-order valence-electron chi connectivity index (χ2n) is 10.3. The van der Waals surface area contributed by atoms with Gasteiger partial charge in [0.1, 0.15) is 11.9 Å². The first-order chi connectivity index (χ1) is 15.0. The number of aromatic nitrogens is 1. The minimum Gasteiger partial charge on any atom is -0.344 e. The molecule has 3 amide bonds. The zero-order chi connectivity index (χ0) is 23.9. The molecule has 8 nitrogen and oxygen atoms in total. The second kappa shape index (κ2) is 11.4. The maximum atomic E-state index is 13.5. The highest BCUT2D eigenvalue weighted by molar-refractivity contribution is 5.98. The fourth-order valence-corrected chi connectivity index (χ4v) is 4.60. The summed E-state index contributed by atoms with van der Waals surface area (Å²) in [5.74, 6) is -1.90. The van der Waals surface area contributed by atoms with Gasteiger partial charge < -0.3 is 10.6 Å². The number of nitrogens with zero attached hydrogens (tertiary/aromatic N) is 1. The van der Waals surface area contributed by atoms with Crippen molar-refractivity contribution in [2.45, 2.75) is 72.8 Å². The Kier molecular flexibility index (Phi) is 9.19. The van der Waals surface area contributed by atoms with Crippen LogP contribution in [0.5, 0.6) is 0 Å². The lowest BCUT2D eigenvalue weighted by Gasteiger charge is -2.35. The van der Waals surface area contributed by atoms with Crippen molar-refractivity contribution in [2.75, 3.05) is 5.32 Å². The highest BCUT2D eigenvalue weighted by atomic mass is 16.5. The number of pyridine rings is 1. The van der Waals surface area contributed by atoms with Crippen molar-refractivity contribution in [1.29, 1.82) is 0 Å². The molecule has 1 aliphatic carbocycles. The Hall–Kier alpha value is -2.48. The molecule has 1 aromatic rings. The minimum absolute atomic E-state index is 0.0343. The van der Waals surface area contributed by atoms with Crippen molar-refractivity contribution in [3.8, 4) is 0 Å². The summed E-state index contributed by atoms with van der Waals surface area (Å²) in [5, 5.41) is 15.1. The van der Waals surface area contributed by atoms with Crippen LogP contribution in [0.3, 0.4) is 0 Å². The van der Waals surface area contributed by atoms with Crippen molar-refractivity contribution in [3.63, 3.8) is 0 Å². The maximum Gasteiger partial charge on any atom is 0.248 e. The topological polar surface area (TPSA) is 120 Å². The van der Waals surface area contributed by atoms with E-state index in [0.717, 1.165) is 25.7 Å². The number of amides is 3. The Morgan fingerprint density at radius 2 is 1.75 bits per heavy atom. The fraction of sp³-hybridized carbons (Fsp3) is 0.667. The summed E-state index contributed by atoms with van der Waals surface area (Å²) in [7, 11) is 0. The minimum atomic E-state index is -0.826. The average Bonchev–Trinajstić information content (AvgIpc) is 3.25. The molecule has 32 heavy (non-hydrogen) atoms. The van der Waals surface area contributed by atoms with Crippen LogP contribution in [0.2, 0.25) is 0 Å². The molecule has 3 atom stereocenters. The van der Waals surface area contributed by atoms with Gasteiger partial charge in [0.2, 0.25) is 17.7 Å². The Morgan fingerprint density at radius 3 is 2.25 bits per heavy atom. The van der Waals surface area contributed by atoms with E-state index in [1.807, 2.05) is 34.6 Å². The predicted octanol–water partition coefficient (Wildman–Crippen LogP) is 3.53. The van der Waals surface area contributed by atoms with Gasteiger partial charge in [0.25, 0.3) is 0 Å². The van der Waals surface area contributed by atoms with Crippen molar-refractivity contribution >= 4 is 23.5 Å². The van der Waals surface area contributed by atoms with E-state index in [4.69, 9.17) is 0 Å². The lowest BCUT2D eigenvalue weighted by Crippen LogP contribution is -2.55. The van der Waals surface area contributed by atoms with Crippen LogP contribution in [0, 0.1) is 29.1 Å². The molecular formula is C24H38N4O4. The SMILES string of the molecule is CC(C)CC(C(=O)N[C@H](C(=O)Nc1ccccn1)C(C)(C)C)[C@@H](C(=O)NO)C1CCCC1. The van der Waals surface area contributed by atoms with Crippen molar-refractivity contribution in [2.24, 2.45) is 29.1 Å². The van der Waals surface area contributed by atoms with Crippen LogP contribution in [-0.2, 0) is 14.4 Å². The van der Waals surface area contributed by atoms with Gasteiger partial charge in [-0.25, -0.2) is 10.5 Å². The summed E-state index contributed by atoms with van der Waals surface area (Å²) in [6.07, 6.45) is 5.78. The van der Waals surface area contributed by atoms with E-state index in [1.165, 1.54) is 0 Å². The molecule has 1 aliphatic rings. The number of carbonyl (C=O) groups excluding carboxylic acids is 3. The summed E-state index contributed by atoms with van der Waals surface area (Å²) in [6.45, 7) is 9.63. The van der Waals surface area contributed by atoms with Crippen molar-refractivity contribution in [1.82, 2.24) is 15.8 Å². The van der Waals surface area contributed by atoms with Gasteiger partial charge in [0, 0.05) is 6.20 Å². The molecule has 0 radical (unpaired) electrons. The first-order valence-corrected chi connectivity index (χ1v) is 11.5. The monoisotopic (exact) mass is 446 g/mol. The zero-order valence-electron chi connectivity index (χ0n) is 19.9. The molecule has 0 bridgehead atoms. The standard InChI is InChI=1S/C24H38N4O4/c1-15(2)14-17(19(22(30)28-32)16-10-6-7-11-16)21(29)27-20(24(3,4)5)23(31)26-18-12-8-9-13-25-18/h8-9,12-13,15-17,19-20,32H,6-7,10-11,14H2,1-5H3,(H,27,29)(H,28,30)(H,25,26,31)/t17?,19-,20+/m0/s1. The summed E-state index contributed by atoms with van der Waals surface area (Å²) < 4.78 is 0. The number of hydrogen-bond donors (Lipinski definition) is 4. The quantitative estimate of drug-likeness (QED) is 0.342. The van der Waals surface area contributed by atoms with Crippen LogP contribution in [0.1, 0.15) is 66.7 Å². The number of anilines is 1. The molecule has 0 spiro atoms. The third-order valence-electron chi connectivity index (χ3n) is 6.15. The van der Waals surface area contributed by atoms with Gasteiger partial charge >= 0.3 is 0 Å². The molecule has 8 heteroatoms. The van der Waals surface area contributed by atoms with E-state index < -0.39 is 29.2 Å². The maximum absolute atomic E-state index is 13.5. The molecule has 1 fully saturated rings. The molecule has 178 valence electrons. The lowest BCUT2D eigenvalue weighted by atomic mass is 9.75. The molecule has 0 saturated heterocycles. The van der Waals surface area contributed by atoms with E-state index >= 15 is 0 Å². The smallest absolute Gasteiger partial charge is 0.248 e. The van der Waals surface area contributed by atoms with E-state index in [2.05, 4.69) is 15.6 Å². The summed E-state index contributed by atoms with van der Waals surface area (Å²) >= 11 is 0. The molecular weight excluding hydrogens is 408 g/mol. The second-order valence-corrected chi connectivity index (χ2v) is 10.3. The molecule has 0 aromatic carbocycles. The van der Waals surface area contributed by atoms with Crippen molar-refractivity contribution < 1.29 is 19.6 Å². The summed E-state index contributed by atoms with van der Waals surface area (Å²) in [5.41, 5.74) is 1.21. The Balaban J connectivity index is 2.28. The van der Waals surface area contributed by atoms with Gasteiger partial charge in [0.15, 0.2) is 0 Å². The highest BCUT2D eigenvalue weighted by Crippen LogP contribution is 2.38. The van der Waals surface area contributed by atoms with Crippen LogP contribution in [0.15, 0.2) is 24.4 Å². The number of hydroxylamine groups is 1. The molecule has 0 aliphatic heterocycles. The fourth-order valence-electron chi connectivity index (χ4n) is 4.60. The lowest BCUT2D eigenvalue weighted by molar-refractivity contribution is -0.144. The van der Waals surface area contributed by atoms with Crippen LogP contribution < -0.4 is 16.1 Å². The molecule has 2 rings (SSSR count). The normalized spacial score (nSPS) is 17.5. The first-order valence-electron chi connectivity index (χ1n) is 11.5. The Labute approximate surface area is 190 Å². The number of hydrogen-bond acceptors (Lipinski definition) is 5. The third-order valence-corrected chi connectivity index (χ3v) is 6.15. The van der Waals surface area contributed by atoms with Gasteiger partial charge in [-0.15, -0.1) is 0 Å². The van der Waals surface area contributed by atoms with Gasteiger partial charge in [-0.05, 0) is 48.6 Å². The molecule has 1 heterocycles. The van der Waals surface area contributed by atoms with Gasteiger partial charge in [-0.1, -0.05) is 53.5 Å². The first kappa shape index (κ1) is 25.8. The number of carbonyl (C=O) groups is 3. The zero-order valence-corrected chi connectivity index (χ0v) is 19.9. The molecule has 4 N–H and O–H groups in total. The molecule has 1 aromatic heterocycles. The molecule has 1 unspecified atom stereocenters. The third kappa shape index (κ3) is 7.02. The van der Waals surface area contributed by atoms with Crippen molar-refractivity contribution in [3.05, 3.63) is 24.4 Å². The average molecular weight is 447 g/mol. The van der Waals surface area contributed by atoms with E-state index in [0.29, 0.717) is 12.2 Å². The Morgan fingerprint density at radius 1 is 1.09 bits per heavy atom. The van der Waals surface area contributed by atoms with E-state index in [-0.39, 0.29) is 23.7 Å². The van der Waals surface area contributed by atoms with Gasteiger partial charge in [-0.3, -0.25) is 19.6 Å². The van der Waals surface area contributed by atoms with E-state index in [1.54, 1.807) is 29.9 Å². The summed E-state index contributed by atoms with van der Waals surface area (Å²) in [6, 6.07) is 4.38. The van der Waals surface area contributed by atoms with E-state index in [9.17, 15) is 19.6 Å². The Bertz CT molecular complexity index is 770. The van der Waals surface area contributed by atoms with Gasteiger partial charge in [0.05, 0.1) is 11.8 Å².